The van der Waals surface area contributed by atoms with Gasteiger partial charge < -0.3 is 5.11 Å². The second-order valence-electron chi connectivity index (χ2n) is 3.02. The number of aliphatic hydroxyl groups is 1. The summed E-state index contributed by atoms with van der Waals surface area (Å²) in [6.45, 7) is 1.76. The van der Waals surface area contributed by atoms with Crippen LogP contribution in [0.5, 0.6) is 0 Å². The Balaban J connectivity index is 2.28. The summed E-state index contributed by atoms with van der Waals surface area (Å²) in [4.78, 5) is 5.13. The third-order valence-electron chi connectivity index (χ3n) is 1.91. The fourth-order valence-corrected chi connectivity index (χ4v) is 2.84. The van der Waals surface area contributed by atoms with Crippen LogP contribution in [0.25, 0.3) is 0 Å². The molecule has 1 heterocycles. The van der Waals surface area contributed by atoms with Crippen molar-refractivity contribution in [2.45, 2.75) is 22.3 Å². The number of hydrogen-bond donors (Lipinski definition) is 1. The molecule has 0 aliphatic rings. The minimum absolute atomic E-state index is 0.457. The van der Waals surface area contributed by atoms with Crippen LogP contribution in [-0.2, 0) is 0 Å². The summed E-state index contributed by atoms with van der Waals surface area (Å²) in [6.07, 6.45) is 1.08. The predicted octanol–water partition coefficient (Wildman–Crippen LogP) is 2.74. The Kier molecular flexibility index (Phi) is 3.35. The molecule has 0 bridgehead atoms. The lowest BCUT2D eigenvalue weighted by Gasteiger charge is -2.09. The van der Waals surface area contributed by atoms with Crippen LogP contribution in [0, 0.1) is 0 Å². The van der Waals surface area contributed by atoms with Crippen molar-refractivity contribution in [3.05, 3.63) is 36.2 Å². The summed E-state index contributed by atoms with van der Waals surface area (Å²) in [5.74, 6) is 0. The van der Waals surface area contributed by atoms with Gasteiger partial charge in [0.05, 0.1) is 6.10 Å². The highest BCUT2D eigenvalue weighted by Crippen LogP contribution is 2.33. The zero-order valence-corrected chi connectivity index (χ0v) is 9.76. The van der Waals surface area contributed by atoms with Crippen LogP contribution in [0.3, 0.4) is 0 Å². The fourth-order valence-electron chi connectivity index (χ4n) is 1.22. The maximum Gasteiger partial charge on any atom is 0.174 e. The molecule has 0 aliphatic heterocycles. The minimum atomic E-state index is -0.457. The van der Waals surface area contributed by atoms with Crippen molar-refractivity contribution in [2.75, 3.05) is 0 Å². The summed E-state index contributed by atoms with van der Waals surface area (Å²) in [5.41, 5.74) is 0.928. The van der Waals surface area contributed by atoms with E-state index in [1.165, 1.54) is 29.6 Å². The van der Waals surface area contributed by atoms with Gasteiger partial charge in [0.1, 0.15) is 6.33 Å². The second kappa shape index (κ2) is 4.74. The van der Waals surface area contributed by atoms with Crippen molar-refractivity contribution in [3.8, 4) is 0 Å². The zero-order chi connectivity index (χ0) is 10.7. The van der Waals surface area contributed by atoms with Gasteiger partial charge >= 0.3 is 0 Å². The van der Waals surface area contributed by atoms with E-state index in [4.69, 9.17) is 0 Å². The molecule has 2 rings (SSSR count). The van der Waals surface area contributed by atoms with E-state index in [2.05, 4.69) is 9.36 Å². The highest BCUT2D eigenvalue weighted by atomic mass is 32.2. The van der Waals surface area contributed by atoms with Crippen molar-refractivity contribution in [1.82, 2.24) is 9.36 Å². The second-order valence-corrected chi connectivity index (χ2v) is 5.09. The van der Waals surface area contributed by atoms with Gasteiger partial charge in [-0.2, -0.15) is 4.37 Å². The molecule has 0 amide bonds. The molecule has 2 aromatic rings. The van der Waals surface area contributed by atoms with Crippen LogP contribution < -0.4 is 0 Å². The first-order valence-electron chi connectivity index (χ1n) is 4.49. The Hall–Kier alpha value is -0.910. The Morgan fingerprint density at radius 2 is 2.20 bits per heavy atom. The van der Waals surface area contributed by atoms with Gasteiger partial charge in [-0.25, -0.2) is 4.98 Å². The molecule has 5 heteroatoms. The van der Waals surface area contributed by atoms with Crippen molar-refractivity contribution < 1.29 is 5.11 Å². The number of aliphatic hydroxyl groups excluding tert-OH is 1. The van der Waals surface area contributed by atoms with Gasteiger partial charge in [-0.05, 0) is 30.1 Å². The molecule has 0 saturated heterocycles. The molecule has 0 spiro atoms. The van der Waals surface area contributed by atoms with E-state index in [0.717, 1.165) is 14.8 Å². The minimum Gasteiger partial charge on any atom is -0.389 e. The van der Waals surface area contributed by atoms with E-state index in [0.29, 0.717) is 0 Å². The third kappa shape index (κ3) is 2.56. The van der Waals surface area contributed by atoms with Crippen molar-refractivity contribution >= 4 is 23.3 Å². The molecular weight excluding hydrogens is 228 g/mol. The van der Waals surface area contributed by atoms with Gasteiger partial charge in [0, 0.05) is 4.90 Å². The molecule has 0 unspecified atom stereocenters. The van der Waals surface area contributed by atoms with E-state index in [1.807, 2.05) is 24.3 Å². The van der Waals surface area contributed by atoms with Gasteiger partial charge in [0.15, 0.2) is 4.34 Å². The molecule has 3 nitrogen and oxygen atoms in total. The molecule has 0 aliphatic carbocycles. The van der Waals surface area contributed by atoms with Crippen LogP contribution in [0.15, 0.2) is 39.8 Å². The normalized spacial score (nSPS) is 12.7. The van der Waals surface area contributed by atoms with Gasteiger partial charge in [0.25, 0.3) is 0 Å². The molecule has 15 heavy (non-hydrogen) atoms. The van der Waals surface area contributed by atoms with Gasteiger partial charge in [-0.15, -0.1) is 0 Å². The fraction of sp³-hybridized carbons (Fsp3) is 0.200. The summed E-state index contributed by atoms with van der Waals surface area (Å²) in [5, 5.41) is 9.59. The van der Waals surface area contributed by atoms with Crippen molar-refractivity contribution in [2.24, 2.45) is 0 Å². The number of aromatic nitrogens is 2. The summed E-state index contributed by atoms with van der Waals surface area (Å²) >= 11 is 2.89. The number of benzene rings is 1. The SMILES string of the molecule is C[C@H](O)c1ccccc1Sc1ncns1. The average Bonchev–Trinajstić information content (AvgIpc) is 2.71. The molecule has 0 radical (unpaired) electrons. The molecule has 78 valence electrons. The van der Waals surface area contributed by atoms with Crippen molar-refractivity contribution in [1.29, 1.82) is 0 Å². The van der Waals surface area contributed by atoms with Crippen molar-refractivity contribution in [3.63, 3.8) is 0 Å². The van der Waals surface area contributed by atoms with Crippen LogP contribution >= 0.6 is 23.3 Å². The van der Waals surface area contributed by atoms with E-state index < -0.39 is 6.10 Å². The highest BCUT2D eigenvalue weighted by Gasteiger charge is 2.09. The maximum absolute atomic E-state index is 9.59. The van der Waals surface area contributed by atoms with Gasteiger partial charge in [0.2, 0.25) is 0 Å². The number of rotatable bonds is 3. The Morgan fingerprint density at radius 3 is 2.87 bits per heavy atom. The van der Waals surface area contributed by atoms with E-state index >= 15 is 0 Å². The number of nitrogens with zero attached hydrogens (tertiary/aromatic N) is 2. The standard InChI is InChI=1S/C10H10N2OS2/c1-7(13)8-4-2-3-5-9(8)14-10-11-6-12-15-10/h2-7,13H,1H3/t7-/m0/s1. The molecule has 1 aromatic heterocycles. The summed E-state index contributed by atoms with van der Waals surface area (Å²) in [6, 6.07) is 7.78. The lowest BCUT2D eigenvalue weighted by molar-refractivity contribution is 0.196. The first-order valence-corrected chi connectivity index (χ1v) is 6.08. The topological polar surface area (TPSA) is 46.0 Å². The first-order chi connectivity index (χ1) is 7.27. The van der Waals surface area contributed by atoms with Crippen LogP contribution in [0.4, 0.5) is 0 Å². The molecule has 0 saturated carbocycles. The largest absolute Gasteiger partial charge is 0.389 e. The Bertz CT molecular complexity index is 429. The van der Waals surface area contributed by atoms with E-state index in [9.17, 15) is 5.11 Å². The first kappa shape index (κ1) is 10.6. The Labute approximate surface area is 96.4 Å². The van der Waals surface area contributed by atoms with Crippen LogP contribution in [-0.4, -0.2) is 14.5 Å². The smallest absolute Gasteiger partial charge is 0.174 e. The monoisotopic (exact) mass is 238 g/mol. The number of hydrogen-bond acceptors (Lipinski definition) is 5. The third-order valence-corrected chi connectivity index (χ3v) is 3.71. The molecule has 0 fully saturated rings. The Morgan fingerprint density at radius 1 is 1.40 bits per heavy atom. The summed E-state index contributed by atoms with van der Waals surface area (Å²) in [7, 11) is 0. The van der Waals surface area contributed by atoms with Gasteiger partial charge in [-0.3, -0.25) is 0 Å². The zero-order valence-electron chi connectivity index (χ0n) is 8.12. The van der Waals surface area contributed by atoms with Crippen LogP contribution in [0.2, 0.25) is 0 Å². The predicted molar refractivity (Wildman–Crippen MR) is 61.1 cm³/mol. The van der Waals surface area contributed by atoms with E-state index in [-0.39, 0.29) is 0 Å². The average molecular weight is 238 g/mol. The molecular formula is C10H10N2OS2. The molecule has 1 N–H and O–H groups in total. The molecule has 1 aromatic carbocycles. The lowest BCUT2D eigenvalue weighted by Crippen LogP contribution is -1.92. The highest BCUT2D eigenvalue weighted by molar-refractivity contribution is 8.01. The van der Waals surface area contributed by atoms with E-state index in [1.54, 1.807) is 6.92 Å². The lowest BCUT2D eigenvalue weighted by atomic mass is 10.1. The van der Waals surface area contributed by atoms with Crippen LogP contribution in [0.1, 0.15) is 18.6 Å². The van der Waals surface area contributed by atoms with Gasteiger partial charge in [-0.1, -0.05) is 30.0 Å². The maximum atomic E-state index is 9.59. The summed E-state index contributed by atoms with van der Waals surface area (Å²) < 4.78 is 4.83. The molecule has 1 atom stereocenters. The quantitative estimate of drug-likeness (QED) is 0.893.